The van der Waals surface area contributed by atoms with Gasteiger partial charge in [-0.1, -0.05) is 51.9 Å². The van der Waals surface area contributed by atoms with Crippen LogP contribution in [-0.2, 0) is 4.74 Å². The second-order valence-electron chi connectivity index (χ2n) is 7.00. The van der Waals surface area contributed by atoms with Gasteiger partial charge in [0, 0.05) is 24.7 Å². The van der Waals surface area contributed by atoms with E-state index in [4.69, 9.17) is 4.74 Å². The van der Waals surface area contributed by atoms with Gasteiger partial charge in [0.2, 0.25) is 0 Å². The van der Waals surface area contributed by atoms with Crippen LogP contribution in [-0.4, -0.2) is 49.8 Å². The van der Waals surface area contributed by atoms with E-state index in [0.29, 0.717) is 6.04 Å². The van der Waals surface area contributed by atoms with Crippen LogP contribution in [0.3, 0.4) is 0 Å². The molecule has 1 aliphatic rings. The highest BCUT2D eigenvalue weighted by molar-refractivity contribution is 4.93. The minimum atomic E-state index is 0.223. The minimum absolute atomic E-state index is 0.223. The maximum absolute atomic E-state index is 5.49. The van der Waals surface area contributed by atoms with Crippen LogP contribution in [0.4, 0.5) is 0 Å². The lowest BCUT2D eigenvalue weighted by Crippen LogP contribution is -2.59. The molecular weight excluding hydrogens is 260 g/mol. The molecule has 0 saturated carbocycles. The summed E-state index contributed by atoms with van der Waals surface area (Å²) < 4.78 is 5.49. The van der Waals surface area contributed by atoms with Gasteiger partial charge < -0.3 is 10.1 Å². The fraction of sp³-hybridized carbons (Fsp3) is 1.00. The zero-order chi connectivity index (χ0) is 15.6. The summed E-state index contributed by atoms with van der Waals surface area (Å²) in [6, 6.07) is 0.575. The van der Waals surface area contributed by atoms with E-state index >= 15 is 0 Å². The van der Waals surface area contributed by atoms with Crippen molar-refractivity contribution in [3.63, 3.8) is 0 Å². The largest absolute Gasteiger partial charge is 0.379 e. The molecule has 1 N–H and O–H groups in total. The van der Waals surface area contributed by atoms with E-state index in [9.17, 15) is 0 Å². The highest BCUT2D eigenvalue weighted by Crippen LogP contribution is 2.24. The van der Waals surface area contributed by atoms with Crippen LogP contribution < -0.4 is 5.32 Å². The Labute approximate surface area is 132 Å². The van der Waals surface area contributed by atoms with Crippen molar-refractivity contribution in [2.45, 2.75) is 83.7 Å². The van der Waals surface area contributed by atoms with Crippen molar-refractivity contribution in [1.82, 2.24) is 10.2 Å². The second-order valence-corrected chi connectivity index (χ2v) is 7.00. The molecule has 1 atom stereocenters. The molecule has 3 nitrogen and oxygen atoms in total. The quantitative estimate of drug-likeness (QED) is 0.587. The Bertz CT molecular complexity index is 250. The van der Waals surface area contributed by atoms with Gasteiger partial charge in [-0.25, -0.2) is 0 Å². The predicted molar refractivity (Wildman–Crippen MR) is 91.9 cm³/mol. The molecule has 1 rings (SSSR count). The number of ether oxygens (including phenoxy) is 1. The molecule has 1 unspecified atom stereocenters. The van der Waals surface area contributed by atoms with Crippen LogP contribution in [0.5, 0.6) is 0 Å². The van der Waals surface area contributed by atoms with Crippen molar-refractivity contribution in [2.24, 2.45) is 0 Å². The molecule has 126 valence electrons. The Balaban J connectivity index is 2.25. The van der Waals surface area contributed by atoms with Crippen LogP contribution in [0.2, 0.25) is 0 Å². The zero-order valence-electron chi connectivity index (χ0n) is 14.9. The second kappa shape index (κ2) is 10.6. The number of rotatable bonds is 11. The van der Waals surface area contributed by atoms with Crippen LogP contribution in [0.25, 0.3) is 0 Å². The monoisotopic (exact) mass is 298 g/mol. The van der Waals surface area contributed by atoms with Gasteiger partial charge in [-0.3, -0.25) is 4.90 Å². The summed E-state index contributed by atoms with van der Waals surface area (Å²) in [4.78, 5) is 2.60. The number of nitrogens with one attached hydrogen (secondary N) is 1. The lowest BCUT2D eigenvalue weighted by molar-refractivity contribution is -0.0237. The van der Waals surface area contributed by atoms with Crippen molar-refractivity contribution >= 4 is 0 Å². The minimum Gasteiger partial charge on any atom is -0.379 e. The first kappa shape index (κ1) is 18.9. The van der Waals surface area contributed by atoms with E-state index in [2.05, 4.69) is 38.0 Å². The van der Waals surface area contributed by atoms with Crippen molar-refractivity contribution in [2.75, 3.05) is 33.4 Å². The van der Waals surface area contributed by atoms with Crippen molar-refractivity contribution < 1.29 is 4.74 Å². The Morgan fingerprint density at radius 3 is 2.14 bits per heavy atom. The zero-order valence-corrected chi connectivity index (χ0v) is 14.9. The third kappa shape index (κ3) is 6.66. The van der Waals surface area contributed by atoms with E-state index in [1.165, 1.54) is 51.4 Å². The normalized spacial score (nSPS) is 18.9. The highest BCUT2D eigenvalue weighted by Gasteiger charge is 2.34. The molecule has 3 heteroatoms. The maximum atomic E-state index is 5.49. The van der Waals surface area contributed by atoms with Crippen LogP contribution in [0.1, 0.15) is 72.1 Å². The van der Waals surface area contributed by atoms with Crippen LogP contribution in [0.15, 0.2) is 0 Å². The molecule has 0 spiro atoms. The molecule has 0 aromatic heterocycles. The lowest BCUT2D eigenvalue weighted by atomic mass is 9.88. The van der Waals surface area contributed by atoms with E-state index in [-0.39, 0.29) is 5.54 Å². The Hall–Kier alpha value is -0.120. The molecule has 0 bridgehead atoms. The van der Waals surface area contributed by atoms with Gasteiger partial charge in [0.05, 0.1) is 13.2 Å². The number of hydrogen-bond acceptors (Lipinski definition) is 3. The Kier molecular flexibility index (Phi) is 9.54. The first-order valence-corrected chi connectivity index (χ1v) is 9.13. The third-order valence-corrected chi connectivity index (χ3v) is 5.12. The van der Waals surface area contributed by atoms with Crippen LogP contribution >= 0.6 is 0 Å². The summed E-state index contributed by atoms with van der Waals surface area (Å²) >= 11 is 0. The molecule has 0 amide bonds. The van der Waals surface area contributed by atoms with E-state index in [0.717, 1.165) is 26.3 Å². The van der Waals surface area contributed by atoms with E-state index < -0.39 is 0 Å². The molecule has 1 aliphatic heterocycles. The summed E-state index contributed by atoms with van der Waals surface area (Å²) in [6.07, 6.45) is 11.0. The molecule has 0 aromatic rings. The van der Waals surface area contributed by atoms with Gasteiger partial charge in [-0.15, -0.1) is 0 Å². The fourth-order valence-corrected chi connectivity index (χ4v) is 3.52. The smallest absolute Gasteiger partial charge is 0.0594 e. The van der Waals surface area contributed by atoms with E-state index in [1.54, 1.807) is 0 Å². The fourth-order valence-electron chi connectivity index (χ4n) is 3.52. The molecule has 1 saturated heterocycles. The summed E-state index contributed by atoms with van der Waals surface area (Å²) in [5.74, 6) is 0. The highest BCUT2D eigenvalue weighted by atomic mass is 16.5. The van der Waals surface area contributed by atoms with E-state index in [1.807, 2.05) is 0 Å². The third-order valence-electron chi connectivity index (χ3n) is 5.12. The van der Waals surface area contributed by atoms with Gasteiger partial charge in [-0.2, -0.15) is 0 Å². The summed E-state index contributed by atoms with van der Waals surface area (Å²) in [5.41, 5.74) is 0.223. The van der Waals surface area contributed by atoms with Gasteiger partial charge in [-0.05, 0) is 27.3 Å². The SMILES string of the molecule is CCCCCCCCCC(NC)C(C)(C)N1CCOCC1. The first-order chi connectivity index (χ1) is 10.1. The van der Waals surface area contributed by atoms with Gasteiger partial charge in [0.1, 0.15) is 0 Å². The van der Waals surface area contributed by atoms with Crippen molar-refractivity contribution in [3.05, 3.63) is 0 Å². The molecule has 1 heterocycles. The molecular formula is C18H38N2O. The van der Waals surface area contributed by atoms with Crippen molar-refractivity contribution in [3.8, 4) is 0 Å². The predicted octanol–water partition coefficient (Wildman–Crippen LogP) is 3.83. The average Bonchev–Trinajstić information content (AvgIpc) is 2.50. The molecule has 0 aromatic carbocycles. The van der Waals surface area contributed by atoms with Gasteiger partial charge in [0.15, 0.2) is 0 Å². The Morgan fingerprint density at radius 2 is 1.57 bits per heavy atom. The van der Waals surface area contributed by atoms with Gasteiger partial charge in [0.25, 0.3) is 0 Å². The maximum Gasteiger partial charge on any atom is 0.0594 e. The van der Waals surface area contributed by atoms with Crippen LogP contribution in [0, 0.1) is 0 Å². The molecule has 21 heavy (non-hydrogen) atoms. The molecule has 0 aliphatic carbocycles. The molecule has 1 fully saturated rings. The number of morpholine rings is 1. The summed E-state index contributed by atoms with van der Waals surface area (Å²) in [6.45, 7) is 11.0. The average molecular weight is 299 g/mol. The topological polar surface area (TPSA) is 24.5 Å². The Morgan fingerprint density at radius 1 is 1.00 bits per heavy atom. The van der Waals surface area contributed by atoms with Gasteiger partial charge >= 0.3 is 0 Å². The number of hydrogen-bond donors (Lipinski definition) is 1. The standard InChI is InChI=1S/C18H38N2O/c1-5-6-7-8-9-10-11-12-17(19-4)18(2,3)20-13-15-21-16-14-20/h17,19H,5-16H2,1-4H3. The summed E-state index contributed by atoms with van der Waals surface area (Å²) in [5, 5.41) is 3.57. The lowest BCUT2D eigenvalue weighted by Gasteiger charge is -2.46. The number of unbranched alkanes of at least 4 members (excludes halogenated alkanes) is 6. The summed E-state index contributed by atoms with van der Waals surface area (Å²) in [7, 11) is 2.12. The molecule has 0 radical (unpaired) electrons. The van der Waals surface area contributed by atoms with Crippen molar-refractivity contribution in [1.29, 1.82) is 0 Å². The first-order valence-electron chi connectivity index (χ1n) is 9.13. The number of nitrogens with zero attached hydrogens (tertiary/aromatic N) is 1. The number of likely N-dealkylation sites (N-methyl/N-ethyl adjacent to an activating group) is 1.